The van der Waals surface area contributed by atoms with Crippen LogP contribution in [0.4, 0.5) is 0 Å². The lowest BCUT2D eigenvalue weighted by Gasteiger charge is -2.14. The number of hydrogen-bond acceptors (Lipinski definition) is 8. The second kappa shape index (κ2) is 63.7. The van der Waals surface area contributed by atoms with E-state index < -0.39 is 0 Å². The SMILES string of the molecule is CCCCCCCCCCCCCCCCOc1cc(O)c(C=NCCN=Cc2c(O)cc(OCCCCCCCCCCCCCCCC)cc2OCCCCCCCCCCCCCCCC)c(OCCCCCCCCCCCCCCCC)c1. The van der Waals surface area contributed by atoms with Crippen molar-refractivity contribution in [2.24, 2.45) is 9.98 Å². The van der Waals surface area contributed by atoms with Gasteiger partial charge < -0.3 is 29.2 Å². The van der Waals surface area contributed by atoms with Crippen molar-refractivity contribution in [1.29, 1.82) is 0 Å². The van der Waals surface area contributed by atoms with Crippen molar-refractivity contribution in [2.75, 3.05) is 39.5 Å². The fraction of sp³-hybridized carbons (Fsp3) is 0.825. The summed E-state index contributed by atoms with van der Waals surface area (Å²) in [7, 11) is 0. The molecule has 0 unspecified atom stereocenters. The second-order valence-corrected chi connectivity index (χ2v) is 26.6. The Hall–Kier alpha value is -3.42. The molecule has 0 saturated heterocycles. The highest BCUT2D eigenvalue weighted by Crippen LogP contribution is 2.35. The molecule has 0 radical (unpaired) electrons. The number of ether oxygens (including phenoxy) is 4. The maximum atomic E-state index is 11.4. The molecular formula is C80H144N2O6. The topological polar surface area (TPSA) is 102 Å². The van der Waals surface area contributed by atoms with Gasteiger partial charge >= 0.3 is 0 Å². The van der Waals surface area contributed by atoms with E-state index in [1.54, 1.807) is 24.6 Å². The molecule has 2 rings (SSSR count). The minimum absolute atomic E-state index is 0.110. The van der Waals surface area contributed by atoms with E-state index in [4.69, 9.17) is 28.9 Å². The molecule has 0 amide bonds. The van der Waals surface area contributed by atoms with E-state index in [2.05, 4.69) is 27.7 Å². The van der Waals surface area contributed by atoms with E-state index >= 15 is 0 Å². The van der Waals surface area contributed by atoms with Crippen molar-refractivity contribution in [2.45, 2.75) is 387 Å². The lowest BCUT2D eigenvalue weighted by molar-refractivity contribution is 0.286. The van der Waals surface area contributed by atoms with Gasteiger partial charge in [0.2, 0.25) is 0 Å². The standard InChI is InChI=1S/C80H144N2O6/c1-5-9-13-17-21-25-29-33-37-41-45-49-53-57-63-85-73-67-77(83)75(79(69-73)87-65-59-55-51-47-43-39-35-31-27-23-19-15-11-7-3)71-81-61-62-82-72-76-78(84)68-74(86-64-58-54-50-46-42-38-34-30-26-22-18-14-10-6-2)70-80(76)88-66-60-56-52-48-44-40-36-32-28-24-20-16-12-8-4/h67-72,83-84H,5-66H2,1-4H3. The van der Waals surface area contributed by atoms with Crippen molar-refractivity contribution >= 4 is 12.4 Å². The van der Waals surface area contributed by atoms with Crippen LogP contribution in [0.2, 0.25) is 0 Å². The summed E-state index contributed by atoms with van der Waals surface area (Å²) in [6.07, 6.45) is 77.3. The van der Waals surface area contributed by atoms with Crippen LogP contribution in [0.15, 0.2) is 34.3 Å². The Labute approximate surface area is 545 Å². The summed E-state index contributed by atoms with van der Waals surface area (Å²) in [5.41, 5.74) is 1.14. The lowest BCUT2D eigenvalue weighted by Crippen LogP contribution is -2.04. The summed E-state index contributed by atoms with van der Waals surface area (Å²) >= 11 is 0. The fourth-order valence-corrected chi connectivity index (χ4v) is 12.2. The van der Waals surface area contributed by atoms with Gasteiger partial charge in [0.1, 0.15) is 34.5 Å². The molecule has 0 bridgehead atoms. The maximum Gasteiger partial charge on any atom is 0.135 e. The molecule has 0 aliphatic carbocycles. The Kier molecular flexibility index (Phi) is 58.4. The summed E-state index contributed by atoms with van der Waals surface area (Å²) < 4.78 is 25.3. The predicted octanol–water partition coefficient (Wildman–Crippen LogP) is 26.1. The molecular weight excluding hydrogens is 1080 g/mol. The number of rotatable bonds is 69. The summed E-state index contributed by atoms with van der Waals surface area (Å²) in [5, 5.41) is 22.8. The van der Waals surface area contributed by atoms with Gasteiger partial charge in [-0.25, -0.2) is 0 Å². The van der Waals surface area contributed by atoms with Crippen molar-refractivity contribution in [3.05, 3.63) is 35.4 Å². The van der Waals surface area contributed by atoms with Crippen LogP contribution in [0.25, 0.3) is 0 Å². The predicted molar refractivity (Wildman–Crippen MR) is 384 cm³/mol. The highest BCUT2D eigenvalue weighted by Gasteiger charge is 2.14. The molecule has 2 aromatic rings. The molecule has 0 atom stereocenters. The van der Waals surface area contributed by atoms with Crippen molar-refractivity contribution < 1.29 is 29.2 Å². The van der Waals surface area contributed by atoms with Gasteiger partial charge in [0, 0.05) is 36.7 Å². The molecule has 8 nitrogen and oxygen atoms in total. The Morgan fingerprint density at radius 1 is 0.250 bits per heavy atom. The zero-order valence-corrected chi connectivity index (χ0v) is 58.7. The molecule has 0 aliphatic rings. The van der Waals surface area contributed by atoms with E-state index in [0.717, 1.165) is 51.4 Å². The van der Waals surface area contributed by atoms with Gasteiger partial charge in [0.25, 0.3) is 0 Å². The monoisotopic (exact) mass is 1230 g/mol. The number of phenols is 2. The zero-order chi connectivity index (χ0) is 62.9. The van der Waals surface area contributed by atoms with Crippen LogP contribution in [0, 0.1) is 0 Å². The molecule has 510 valence electrons. The maximum absolute atomic E-state index is 11.4. The van der Waals surface area contributed by atoms with E-state index in [9.17, 15) is 10.2 Å². The third-order valence-corrected chi connectivity index (χ3v) is 18.0. The average molecular weight is 1230 g/mol. The van der Waals surface area contributed by atoms with Gasteiger partial charge in [-0.1, -0.05) is 362 Å². The number of benzene rings is 2. The summed E-state index contributed by atoms with van der Waals surface area (Å²) in [5.74, 6) is 2.71. The average Bonchev–Trinajstić information content (AvgIpc) is 2.42. The first-order valence-corrected chi connectivity index (χ1v) is 38.8. The molecule has 2 N–H and O–H groups in total. The van der Waals surface area contributed by atoms with Crippen LogP contribution in [-0.4, -0.2) is 62.2 Å². The smallest absolute Gasteiger partial charge is 0.135 e. The van der Waals surface area contributed by atoms with Gasteiger partial charge in [-0.05, 0) is 25.7 Å². The van der Waals surface area contributed by atoms with Crippen LogP contribution in [-0.2, 0) is 0 Å². The number of unbranched alkanes of at least 4 members (excludes halogenated alkanes) is 52. The zero-order valence-electron chi connectivity index (χ0n) is 58.7. The molecule has 0 aromatic heterocycles. The molecule has 0 saturated carbocycles. The third kappa shape index (κ3) is 49.3. The van der Waals surface area contributed by atoms with Crippen LogP contribution in [0.3, 0.4) is 0 Å². The molecule has 0 aliphatic heterocycles. The fourth-order valence-electron chi connectivity index (χ4n) is 12.2. The van der Waals surface area contributed by atoms with E-state index in [-0.39, 0.29) is 11.5 Å². The normalized spacial score (nSPS) is 11.7. The highest BCUT2D eigenvalue weighted by molar-refractivity contribution is 5.88. The molecule has 88 heavy (non-hydrogen) atoms. The third-order valence-electron chi connectivity index (χ3n) is 18.0. The number of nitrogens with zero attached hydrogens (tertiary/aromatic N) is 2. The molecule has 0 heterocycles. The summed E-state index contributed by atoms with van der Waals surface area (Å²) in [6, 6.07) is 7.28. The second-order valence-electron chi connectivity index (χ2n) is 26.6. The van der Waals surface area contributed by atoms with Gasteiger partial charge in [-0.3, -0.25) is 9.98 Å². The molecule has 8 heteroatoms. The quantitative estimate of drug-likeness (QED) is 0.0505. The Morgan fingerprint density at radius 3 is 0.636 bits per heavy atom. The van der Waals surface area contributed by atoms with Gasteiger partial charge in [-0.15, -0.1) is 0 Å². The van der Waals surface area contributed by atoms with Gasteiger partial charge in [-0.2, -0.15) is 0 Å². The van der Waals surface area contributed by atoms with Gasteiger partial charge in [0.05, 0.1) is 50.6 Å². The number of aromatic hydroxyl groups is 2. The summed E-state index contributed by atoms with van der Waals surface area (Å²) in [4.78, 5) is 9.46. The van der Waals surface area contributed by atoms with Crippen molar-refractivity contribution in [1.82, 2.24) is 0 Å². The Morgan fingerprint density at radius 2 is 0.432 bits per heavy atom. The molecule has 0 spiro atoms. The minimum atomic E-state index is 0.110. The van der Waals surface area contributed by atoms with Crippen molar-refractivity contribution in [3.8, 4) is 34.5 Å². The lowest BCUT2D eigenvalue weighted by atomic mass is 10.0. The number of aliphatic imine (C=N–C) groups is 2. The summed E-state index contributed by atoms with van der Waals surface area (Å²) in [6.45, 7) is 12.4. The first-order valence-electron chi connectivity index (χ1n) is 38.8. The first-order chi connectivity index (χ1) is 43.5. The first kappa shape index (κ1) is 80.7. The molecule has 2 aromatic carbocycles. The number of phenolic OH excluding ortho intramolecular Hbond substituents is 2. The Balaban J connectivity index is 1.97. The van der Waals surface area contributed by atoms with Crippen LogP contribution < -0.4 is 18.9 Å². The largest absolute Gasteiger partial charge is 0.507 e. The van der Waals surface area contributed by atoms with Crippen LogP contribution in [0.1, 0.15) is 398 Å². The van der Waals surface area contributed by atoms with E-state index in [1.807, 2.05) is 12.1 Å². The highest BCUT2D eigenvalue weighted by atomic mass is 16.5. The Bertz CT molecular complexity index is 1720. The minimum Gasteiger partial charge on any atom is -0.507 e. The van der Waals surface area contributed by atoms with Crippen LogP contribution in [0.5, 0.6) is 34.5 Å². The molecule has 0 fully saturated rings. The van der Waals surface area contributed by atoms with Crippen molar-refractivity contribution in [3.63, 3.8) is 0 Å². The van der Waals surface area contributed by atoms with E-state index in [0.29, 0.717) is 73.6 Å². The van der Waals surface area contributed by atoms with Gasteiger partial charge in [0.15, 0.2) is 0 Å². The van der Waals surface area contributed by atoms with E-state index in [1.165, 1.54) is 308 Å². The number of hydrogen-bond donors (Lipinski definition) is 2. The van der Waals surface area contributed by atoms with Crippen LogP contribution >= 0.6 is 0 Å².